The molecule has 11 nitrogen and oxygen atoms in total. The lowest BCUT2D eigenvalue weighted by atomic mass is 10.1. The van der Waals surface area contributed by atoms with E-state index in [9.17, 15) is 30.3 Å². The highest BCUT2D eigenvalue weighted by Gasteiger charge is 2.30. The highest BCUT2D eigenvalue weighted by atomic mass is 16.6. The van der Waals surface area contributed by atoms with Gasteiger partial charge in [0.05, 0.1) is 32.6 Å². The molecule has 0 aliphatic heterocycles. The number of aromatic hydroxyl groups is 1. The number of rotatable bonds is 4. The van der Waals surface area contributed by atoms with Crippen LogP contribution in [0.4, 0.5) is 17.1 Å². The maximum absolute atomic E-state index is 10.4. The first-order chi connectivity index (χ1) is 13.7. The van der Waals surface area contributed by atoms with Gasteiger partial charge in [0.25, 0.3) is 11.4 Å². The van der Waals surface area contributed by atoms with Crippen molar-refractivity contribution in [3.05, 3.63) is 96.7 Å². The van der Waals surface area contributed by atoms with E-state index in [0.717, 1.165) is 5.69 Å². The van der Waals surface area contributed by atoms with Gasteiger partial charge in [0.15, 0.2) is 0 Å². The van der Waals surface area contributed by atoms with Crippen LogP contribution in [0.15, 0.2) is 60.8 Å². The Hall–Kier alpha value is -4.41. The van der Waals surface area contributed by atoms with Crippen molar-refractivity contribution in [1.29, 1.82) is 0 Å². The third kappa shape index (κ3) is 5.29. The summed E-state index contributed by atoms with van der Waals surface area (Å²) in [4.78, 5) is 32.1. The van der Waals surface area contributed by atoms with Crippen LogP contribution in [0.1, 0.15) is 5.56 Å². The number of nitrogens with zero attached hydrogens (tertiary/aromatic N) is 4. The molecule has 0 radical (unpaired) electrons. The first-order valence-electron chi connectivity index (χ1n) is 7.99. The predicted octanol–water partition coefficient (Wildman–Crippen LogP) is 4.17. The SMILES string of the molecule is Cc1ccnc(-c2ccccc2)c1.O=[N+]([O-])c1cc([N+](=O)[O-])c(O)c([N+](=O)[O-])c1. The molecule has 0 amide bonds. The van der Waals surface area contributed by atoms with E-state index in [1.54, 1.807) is 0 Å². The molecule has 1 heterocycles. The van der Waals surface area contributed by atoms with Gasteiger partial charge >= 0.3 is 11.4 Å². The van der Waals surface area contributed by atoms with Crippen LogP contribution in [0.2, 0.25) is 0 Å². The van der Waals surface area contributed by atoms with E-state index in [0.29, 0.717) is 12.1 Å². The standard InChI is InChI=1S/C12H11N.C6H3N3O7/c1-10-7-8-13-12(9-10)11-5-3-2-4-6-11;10-6-4(8(13)14)1-3(7(11)12)2-5(6)9(15)16/h2-9H,1H3;1-2,10H. The van der Waals surface area contributed by atoms with E-state index >= 15 is 0 Å². The largest absolute Gasteiger partial charge is 0.497 e. The topological polar surface area (TPSA) is 163 Å². The number of hydrogen-bond donors (Lipinski definition) is 1. The molecular formula is C18H14N4O7. The molecule has 0 bridgehead atoms. The van der Waals surface area contributed by atoms with E-state index in [1.165, 1.54) is 11.1 Å². The van der Waals surface area contributed by atoms with Crippen LogP contribution in [-0.4, -0.2) is 24.9 Å². The molecule has 1 aromatic heterocycles. The molecule has 0 atom stereocenters. The molecule has 29 heavy (non-hydrogen) atoms. The number of phenolic OH excluding ortho intramolecular Hbond substituents is 1. The quantitative estimate of drug-likeness (QED) is 0.505. The molecule has 0 unspecified atom stereocenters. The number of aromatic nitrogens is 1. The molecule has 0 fully saturated rings. The number of nitro groups is 3. The van der Waals surface area contributed by atoms with Crippen molar-refractivity contribution in [3.8, 4) is 17.0 Å². The maximum Gasteiger partial charge on any atom is 0.324 e. The van der Waals surface area contributed by atoms with Gasteiger partial charge in [-0.25, -0.2) is 0 Å². The monoisotopic (exact) mass is 398 g/mol. The summed E-state index contributed by atoms with van der Waals surface area (Å²) >= 11 is 0. The van der Waals surface area contributed by atoms with Crippen LogP contribution in [0.3, 0.4) is 0 Å². The van der Waals surface area contributed by atoms with Crippen LogP contribution in [0.25, 0.3) is 11.3 Å². The summed E-state index contributed by atoms with van der Waals surface area (Å²) in [6.07, 6.45) is 1.84. The normalized spacial score (nSPS) is 9.83. The molecule has 0 aliphatic carbocycles. The van der Waals surface area contributed by atoms with Gasteiger partial charge in [-0.2, -0.15) is 0 Å². The van der Waals surface area contributed by atoms with Crippen molar-refractivity contribution in [2.24, 2.45) is 0 Å². The molecule has 3 aromatic rings. The van der Waals surface area contributed by atoms with Crippen molar-refractivity contribution < 1.29 is 19.9 Å². The van der Waals surface area contributed by atoms with Gasteiger partial charge in [0.2, 0.25) is 0 Å². The van der Waals surface area contributed by atoms with Crippen LogP contribution in [0.5, 0.6) is 5.75 Å². The first-order valence-corrected chi connectivity index (χ1v) is 7.99. The number of aryl methyl sites for hydroxylation is 1. The zero-order valence-electron chi connectivity index (χ0n) is 15.0. The van der Waals surface area contributed by atoms with Crippen LogP contribution in [-0.2, 0) is 0 Å². The molecule has 0 spiro atoms. The van der Waals surface area contributed by atoms with E-state index in [4.69, 9.17) is 5.11 Å². The van der Waals surface area contributed by atoms with Gasteiger partial charge < -0.3 is 5.11 Å². The second-order valence-electron chi connectivity index (χ2n) is 5.69. The Morgan fingerprint density at radius 1 is 0.828 bits per heavy atom. The average Bonchev–Trinajstić information content (AvgIpc) is 2.68. The summed E-state index contributed by atoms with van der Waals surface area (Å²) in [5.41, 5.74) is 0.457. The molecular weight excluding hydrogens is 384 g/mol. The van der Waals surface area contributed by atoms with Crippen molar-refractivity contribution >= 4 is 17.1 Å². The highest BCUT2D eigenvalue weighted by molar-refractivity contribution is 5.64. The van der Waals surface area contributed by atoms with Gasteiger partial charge in [0.1, 0.15) is 0 Å². The Balaban J connectivity index is 0.000000211. The second-order valence-corrected chi connectivity index (χ2v) is 5.69. The van der Waals surface area contributed by atoms with Crippen molar-refractivity contribution in [2.45, 2.75) is 6.92 Å². The summed E-state index contributed by atoms with van der Waals surface area (Å²) < 4.78 is 0. The van der Waals surface area contributed by atoms with Crippen LogP contribution in [0, 0.1) is 37.3 Å². The minimum absolute atomic E-state index is 0.447. The summed E-state index contributed by atoms with van der Waals surface area (Å²) in [5.74, 6) is -1.21. The van der Waals surface area contributed by atoms with Crippen molar-refractivity contribution in [2.75, 3.05) is 0 Å². The smallest absolute Gasteiger partial charge is 0.324 e. The van der Waals surface area contributed by atoms with Crippen molar-refractivity contribution in [1.82, 2.24) is 4.98 Å². The predicted molar refractivity (Wildman–Crippen MR) is 102 cm³/mol. The average molecular weight is 398 g/mol. The zero-order valence-corrected chi connectivity index (χ0v) is 15.0. The van der Waals surface area contributed by atoms with E-state index < -0.39 is 37.6 Å². The Morgan fingerprint density at radius 3 is 1.83 bits per heavy atom. The third-order valence-corrected chi connectivity index (χ3v) is 3.64. The fourth-order valence-electron chi connectivity index (χ4n) is 2.28. The third-order valence-electron chi connectivity index (χ3n) is 3.64. The molecule has 2 aromatic carbocycles. The number of non-ortho nitro benzene ring substituents is 1. The molecule has 148 valence electrons. The first kappa shape index (κ1) is 20.9. The zero-order chi connectivity index (χ0) is 21.6. The van der Waals surface area contributed by atoms with Gasteiger partial charge in [-0.15, -0.1) is 0 Å². The number of benzene rings is 2. The molecule has 3 rings (SSSR count). The minimum atomic E-state index is -1.21. The van der Waals surface area contributed by atoms with Crippen LogP contribution < -0.4 is 0 Å². The lowest BCUT2D eigenvalue weighted by Gasteiger charge is -2.00. The molecule has 0 aliphatic rings. The Labute approximate surface area is 163 Å². The fourth-order valence-corrected chi connectivity index (χ4v) is 2.28. The van der Waals surface area contributed by atoms with Crippen LogP contribution >= 0.6 is 0 Å². The van der Waals surface area contributed by atoms with E-state index in [-0.39, 0.29) is 0 Å². The summed E-state index contributed by atoms with van der Waals surface area (Å²) in [5, 5.41) is 40.2. The minimum Gasteiger partial charge on any atom is -0.497 e. The molecule has 11 heteroatoms. The summed E-state index contributed by atoms with van der Waals surface area (Å²) in [7, 11) is 0. The molecule has 0 saturated carbocycles. The summed E-state index contributed by atoms with van der Waals surface area (Å²) in [6.45, 7) is 2.08. The van der Waals surface area contributed by atoms with Gasteiger partial charge in [-0.1, -0.05) is 30.3 Å². The van der Waals surface area contributed by atoms with E-state index in [1.807, 2.05) is 30.5 Å². The number of phenols is 1. The van der Waals surface area contributed by atoms with Gasteiger partial charge in [-0.3, -0.25) is 35.3 Å². The Kier molecular flexibility index (Phi) is 6.48. The summed E-state index contributed by atoms with van der Waals surface area (Å²) in [6, 6.07) is 15.2. The van der Waals surface area contributed by atoms with E-state index in [2.05, 4.69) is 30.1 Å². The molecule has 0 saturated heterocycles. The lowest BCUT2D eigenvalue weighted by molar-refractivity contribution is -0.404. The second kappa shape index (κ2) is 8.99. The lowest BCUT2D eigenvalue weighted by Crippen LogP contribution is -1.97. The maximum atomic E-state index is 10.4. The highest BCUT2D eigenvalue weighted by Crippen LogP contribution is 2.38. The number of pyridine rings is 1. The van der Waals surface area contributed by atoms with Gasteiger partial charge in [-0.05, 0) is 24.6 Å². The number of hydrogen-bond acceptors (Lipinski definition) is 8. The molecule has 1 N–H and O–H groups in total. The Bertz CT molecular complexity index is 1040. The number of nitro benzene ring substituents is 3. The Morgan fingerprint density at radius 2 is 1.38 bits per heavy atom. The fraction of sp³-hybridized carbons (Fsp3) is 0.0556. The van der Waals surface area contributed by atoms with Crippen molar-refractivity contribution in [3.63, 3.8) is 0 Å². The van der Waals surface area contributed by atoms with Gasteiger partial charge in [0, 0.05) is 11.8 Å².